The summed E-state index contributed by atoms with van der Waals surface area (Å²) in [6.45, 7) is 3.18. The third-order valence-corrected chi connectivity index (χ3v) is 8.13. The third kappa shape index (κ3) is 1.55. The van der Waals surface area contributed by atoms with Crippen molar-refractivity contribution in [3.63, 3.8) is 0 Å². The molecule has 2 bridgehead atoms. The second-order valence-electron chi connectivity index (χ2n) is 9.09. The van der Waals surface area contributed by atoms with E-state index in [2.05, 4.69) is 11.8 Å². The Morgan fingerprint density at radius 2 is 2.12 bits per heavy atom. The second-order valence-corrected chi connectivity index (χ2v) is 9.09. The van der Waals surface area contributed by atoms with Crippen LogP contribution < -0.4 is 4.74 Å². The summed E-state index contributed by atoms with van der Waals surface area (Å²) in [5, 5.41) is 22.5. The zero-order valence-corrected chi connectivity index (χ0v) is 15.1. The van der Waals surface area contributed by atoms with E-state index in [0.717, 1.165) is 36.4 Å². The highest BCUT2D eigenvalue weighted by Gasteiger charge is 2.73. The van der Waals surface area contributed by atoms with Gasteiger partial charge in [0, 0.05) is 24.1 Å². The summed E-state index contributed by atoms with van der Waals surface area (Å²) in [4.78, 5) is 15.3. The van der Waals surface area contributed by atoms with Gasteiger partial charge in [0.1, 0.15) is 0 Å². The molecule has 1 unspecified atom stereocenters. The van der Waals surface area contributed by atoms with Gasteiger partial charge in [0.05, 0.1) is 11.0 Å². The van der Waals surface area contributed by atoms with Gasteiger partial charge in [0.15, 0.2) is 23.4 Å². The Morgan fingerprint density at radius 3 is 2.88 bits per heavy atom. The molecular weight excluding hydrogens is 330 g/mol. The predicted molar refractivity (Wildman–Crippen MR) is 94.4 cm³/mol. The highest BCUT2D eigenvalue weighted by Crippen LogP contribution is 2.65. The third-order valence-electron chi connectivity index (χ3n) is 8.13. The lowest BCUT2D eigenvalue weighted by atomic mass is 9.49. The number of likely N-dealkylation sites (tertiary alicyclic amines) is 1. The molecule has 2 saturated carbocycles. The van der Waals surface area contributed by atoms with Crippen molar-refractivity contribution in [3.8, 4) is 11.5 Å². The van der Waals surface area contributed by atoms with Gasteiger partial charge >= 0.3 is 0 Å². The van der Waals surface area contributed by atoms with Crippen LogP contribution in [0.25, 0.3) is 0 Å². The molecule has 5 nitrogen and oxygen atoms in total. The molecule has 0 radical (unpaired) electrons. The molecular formula is C21H25NO4. The molecule has 5 heteroatoms. The molecule has 2 aliphatic heterocycles. The van der Waals surface area contributed by atoms with E-state index >= 15 is 0 Å². The molecule has 5 aliphatic rings. The number of aliphatic hydroxyl groups is 1. The summed E-state index contributed by atoms with van der Waals surface area (Å²) in [7, 11) is 0. The number of hydrogen-bond donors (Lipinski definition) is 2. The van der Waals surface area contributed by atoms with E-state index < -0.39 is 17.1 Å². The Balaban J connectivity index is 1.58. The van der Waals surface area contributed by atoms with E-state index in [0.29, 0.717) is 24.6 Å². The maximum absolute atomic E-state index is 12.8. The van der Waals surface area contributed by atoms with Gasteiger partial charge in [0.25, 0.3) is 0 Å². The van der Waals surface area contributed by atoms with Gasteiger partial charge < -0.3 is 14.9 Å². The molecule has 6 rings (SSSR count). The van der Waals surface area contributed by atoms with Gasteiger partial charge in [-0.05, 0) is 63.1 Å². The maximum Gasteiger partial charge on any atom is 0.174 e. The molecule has 1 spiro atoms. The number of carbonyl (C=O) groups is 1. The molecule has 5 atom stereocenters. The fourth-order valence-corrected chi connectivity index (χ4v) is 6.70. The Morgan fingerprint density at radius 1 is 1.31 bits per heavy atom. The van der Waals surface area contributed by atoms with Gasteiger partial charge in [-0.25, -0.2) is 0 Å². The largest absolute Gasteiger partial charge is 0.504 e. The molecule has 0 amide bonds. The number of hydrogen-bond acceptors (Lipinski definition) is 5. The number of phenols is 1. The zero-order valence-electron chi connectivity index (χ0n) is 15.1. The fourth-order valence-electron chi connectivity index (χ4n) is 6.70. The van der Waals surface area contributed by atoms with Crippen molar-refractivity contribution < 1.29 is 19.7 Å². The van der Waals surface area contributed by atoms with Crippen LogP contribution in [0.2, 0.25) is 0 Å². The number of rotatable bonds is 2. The molecule has 3 aliphatic carbocycles. The number of benzene rings is 1. The Kier molecular flexibility index (Phi) is 2.75. The molecule has 138 valence electrons. The van der Waals surface area contributed by atoms with Gasteiger partial charge in [-0.3, -0.25) is 9.69 Å². The number of ether oxygens (including phenoxy) is 1. The molecule has 1 aromatic rings. The smallest absolute Gasteiger partial charge is 0.174 e. The van der Waals surface area contributed by atoms with Crippen molar-refractivity contribution in [2.45, 2.75) is 74.7 Å². The van der Waals surface area contributed by atoms with Crippen LogP contribution in [0.5, 0.6) is 11.5 Å². The lowest BCUT2D eigenvalue weighted by Crippen LogP contribution is -2.77. The number of aromatic hydroxyl groups is 1. The summed E-state index contributed by atoms with van der Waals surface area (Å²) in [6.07, 6.45) is 4.26. The first-order valence-corrected chi connectivity index (χ1v) is 10.0. The van der Waals surface area contributed by atoms with Gasteiger partial charge in [-0.15, -0.1) is 0 Å². The van der Waals surface area contributed by atoms with Crippen LogP contribution in [0.4, 0.5) is 0 Å². The van der Waals surface area contributed by atoms with Crippen LogP contribution in [0, 0.1) is 5.92 Å². The first-order chi connectivity index (χ1) is 12.5. The van der Waals surface area contributed by atoms with Gasteiger partial charge in [-0.2, -0.15) is 0 Å². The summed E-state index contributed by atoms with van der Waals surface area (Å²) >= 11 is 0. The number of phenolic OH excluding ortho intramolecular Hbond substituents is 1. The summed E-state index contributed by atoms with van der Waals surface area (Å²) in [5.41, 5.74) is 0.415. The molecule has 0 aromatic heterocycles. The van der Waals surface area contributed by atoms with Crippen LogP contribution in [-0.2, 0) is 16.6 Å². The molecule has 3 fully saturated rings. The maximum atomic E-state index is 12.8. The number of Topliss-reactive ketones (excluding diaryl/α,β-unsaturated/α-hetero) is 1. The summed E-state index contributed by atoms with van der Waals surface area (Å²) < 4.78 is 6.06. The van der Waals surface area contributed by atoms with Crippen molar-refractivity contribution in [2.24, 2.45) is 5.92 Å². The van der Waals surface area contributed by atoms with Crippen LogP contribution in [0.1, 0.15) is 50.2 Å². The normalized spacial score (nSPS) is 41.5. The van der Waals surface area contributed by atoms with Crippen molar-refractivity contribution in [2.75, 3.05) is 6.54 Å². The molecule has 1 aromatic carbocycles. The van der Waals surface area contributed by atoms with Crippen molar-refractivity contribution in [1.82, 2.24) is 4.90 Å². The predicted octanol–water partition coefficient (Wildman–Crippen LogP) is 1.91. The highest BCUT2D eigenvalue weighted by molar-refractivity contribution is 5.90. The lowest BCUT2D eigenvalue weighted by Gasteiger charge is -2.63. The van der Waals surface area contributed by atoms with E-state index in [1.165, 1.54) is 12.8 Å². The van der Waals surface area contributed by atoms with Gasteiger partial charge in [0.2, 0.25) is 0 Å². The topological polar surface area (TPSA) is 70.0 Å². The minimum Gasteiger partial charge on any atom is -0.504 e. The standard InChI is InChI=1S/C21H25NO4/c1-11(12-2-3-12)22-9-8-20-17-13-4-5-14(23)18(17)26-19(20)15(24)6-7-21(20,25)16(22)10-13/h4-5,11-12,16,19,23,25H,2-3,6-10H2,1H3/t11?,16-,19+,20+,21-/m1/s1. The summed E-state index contributed by atoms with van der Waals surface area (Å²) in [5.74, 6) is 1.35. The number of piperidine rings is 1. The van der Waals surface area contributed by atoms with Crippen LogP contribution >= 0.6 is 0 Å². The monoisotopic (exact) mass is 355 g/mol. The highest BCUT2D eigenvalue weighted by atomic mass is 16.5. The van der Waals surface area contributed by atoms with E-state index in [1.807, 2.05) is 6.07 Å². The summed E-state index contributed by atoms with van der Waals surface area (Å²) in [6, 6.07) is 4.15. The molecule has 2 heterocycles. The minimum atomic E-state index is -0.959. The van der Waals surface area contributed by atoms with E-state index in [9.17, 15) is 15.0 Å². The average Bonchev–Trinajstić information content (AvgIpc) is 3.39. The first kappa shape index (κ1) is 15.5. The van der Waals surface area contributed by atoms with Crippen LogP contribution in [-0.4, -0.2) is 51.2 Å². The van der Waals surface area contributed by atoms with Gasteiger partial charge in [-0.1, -0.05) is 6.07 Å². The van der Waals surface area contributed by atoms with Crippen molar-refractivity contribution >= 4 is 5.78 Å². The Hall–Kier alpha value is -1.59. The number of nitrogens with zero attached hydrogens (tertiary/aromatic N) is 1. The van der Waals surface area contributed by atoms with E-state index in [1.54, 1.807) is 6.07 Å². The van der Waals surface area contributed by atoms with Crippen molar-refractivity contribution in [1.29, 1.82) is 0 Å². The average molecular weight is 355 g/mol. The van der Waals surface area contributed by atoms with E-state index in [4.69, 9.17) is 4.74 Å². The SMILES string of the molecule is CC(C1CC1)N1CC[C@]23c4c5ccc(O)c4O[C@H]2C(=O)CC[C@@]3(O)[C@H]1C5. The minimum absolute atomic E-state index is 0.0223. The van der Waals surface area contributed by atoms with Crippen molar-refractivity contribution in [3.05, 3.63) is 23.3 Å². The number of carbonyl (C=O) groups excluding carboxylic acids is 1. The zero-order chi connectivity index (χ0) is 17.8. The van der Waals surface area contributed by atoms with E-state index in [-0.39, 0.29) is 17.6 Å². The molecule has 2 N–H and O–H groups in total. The van der Waals surface area contributed by atoms with Crippen LogP contribution in [0.3, 0.4) is 0 Å². The molecule has 26 heavy (non-hydrogen) atoms. The second kappa shape index (κ2) is 4.63. The fraction of sp³-hybridized carbons (Fsp3) is 0.667. The lowest BCUT2D eigenvalue weighted by molar-refractivity contribution is -0.194. The van der Waals surface area contributed by atoms with Crippen LogP contribution in [0.15, 0.2) is 12.1 Å². The Bertz CT molecular complexity index is 834. The first-order valence-electron chi connectivity index (χ1n) is 10.0. The molecule has 1 saturated heterocycles. The Labute approximate surface area is 152 Å². The quantitative estimate of drug-likeness (QED) is 0.848. The number of ketones is 1.